The van der Waals surface area contributed by atoms with Gasteiger partial charge >= 0.3 is 0 Å². The number of halogens is 4. The molecule has 2 aromatic carbocycles. The van der Waals surface area contributed by atoms with Crippen molar-refractivity contribution in [3.63, 3.8) is 0 Å². The van der Waals surface area contributed by atoms with Crippen molar-refractivity contribution in [1.29, 1.82) is 0 Å². The summed E-state index contributed by atoms with van der Waals surface area (Å²) in [6.45, 7) is 0. The first kappa shape index (κ1) is 14.7. The topological polar surface area (TPSA) is 29.5 Å². The molecule has 0 heterocycles. The molecule has 0 saturated heterocycles. The number of hydrogen-bond acceptors (Lipinski definition) is 2. The van der Waals surface area contributed by atoms with Gasteiger partial charge in [-0.15, -0.1) is 0 Å². The van der Waals surface area contributed by atoms with E-state index in [9.17, 15) is 18.3 Å². The molecule has 0 fully saturated rings. The minimum absolute atomic E-state index is 0.0833. The van der Waals surface area contributed by atoms with Crippen LogP contribution < -0.4 is 4.74 Å². The van der Waals surface area contributed by atoms with E-state index in [1.54, 1.807) is 0 Å². The summed E-state index contributed by atoms with van der Waals surface area (Å²) in [6, 6.07) is 5.27. The maximum absolute atomic E-state index is 13.6. The number of aliphatic hydroxyl groups is 1. The molecule has 0 radical (unpaired) electrons. The second-order valence-corrected chi connectivity index (χ2v) is 4.48. The van der Waals surface area contributed by atoms with Gasteiger partial charge in [-0.1, -0.05) is 17.7 Å². The van der Waals surface area contributed by atoms with E-state index in [0.717, 1.165) is 0 Å². The molecule has 1 atom stereocenters. The Kier molecular flexibility index (Phi) is 4.20. The normalized spacial score (nSPS) is 12.3. The largest absolute Gasteiger partial charge is 0.497 e. The molecule has 1 unspecified atom stereocenters. The van der Waals surface area contributed by atoms with Crippen LogP contribution in [0.1, 0.15) is 17.2 Å². The number of aliphatic hydroxyl groups excluding tert-OH is 1. The third-order valence-corrected chi connectivity index (χ3v) is 3.15. The predicted octanol–water partition coefficient (Wildman–Crippen LogP) is 3.85. The monoisotopic (exact) mass is 302 g/mol. The average molecular weight is 303 g/mol. The SMILES string of the molecule is COc1ccc(C(O)c2c(F)cc(F)cc2F)c(Cl)c1. The molecule has 106 valence electrons. The van der Waals surface area contributed by atoms with Gasteiger partial charge in [0.25, 0.3) is 0 Å². The Morgan fingerprint density at radius 3 is 2.20 bits per heavy atom. The highest BCUT2D eigenvalue weighted by Crippen LogP contribution is 2.33. The standard InChI is InChI=1S/C14H10ClF3O2/c1-20-8-2-3-9(10(15)6-8)14(19)13-11(17)4-7(16)5-12(13)18/h2-6,14,19H,1H3. The quantitative estimate of drug-likeness (QED) is 0.933. The van der Waals surface area contributed by atoms with E-state index in [1.165, 1.54) is 25.3 Å². The molecule has 2 nitrogen and oxygen atoms in total. The highest BCUT2D eigenvalue weighted by atomic mass is 35.5. The van der Waals surface area contributed by atoms with Crippen LogP contribution in [0.3, 0.4) is 0 Å². The summed E-state index contributed by atoms with van der Waals surface area (Å²) in [5.74, 6) is -2.98. The van der Waals surface area contributed by atoms with Crippen LogP contribution in [-0.4, -0.2) is 12.2 Å². The smallest absolute Gasteiger partial charge is 0.135 e. The van der Waals surface area contributed by atoms with Gasteiger partial charge in [0.1, 0.15) is 29.3 Å². The third kappa shape index (κ3) is 2.73. The van der Waals surface area contributed by atoms with Crippen molar-refractivity contribution in [3.8, 4) is 5.75 Å². The molecule has 0 amide bonds. The molecule has 0 aliphatic heterocycles. The van der Waals surface area contributed by atoms with Gasteiger partial charge in [-0.25, -0.2) is 13.2 Å². The molecule has 20 heavy (non-hydrogen) atoms. The lowest BCUT2D eigenvalue weighted by molar-refractivity contribution is 0.208. The Bertz CT molecular complexity index is 623. The molecule has 2 rings (SSSR count). The molecule has 6 heteroatoms. The van der Waals surface area contributed by atoms with Crippen molar-refractivity contribution in [3.05, 3.63) is 63.9 Å². The molecular weight excluding hydrogens is 293 g/mol. The van der Waals surface area contributed by atoms with Gasteiger partial charge in [-0.05, 0) is 12.1 Å². The van der Waals surface area contributed by atoms with Crippen LogP contribution in [0.25, 0.3) is 0 Å². The average Bonchev–Trinajstić information content (AvgIpc) is 2.37. The minimum Gasteiger partial charge on any atom is -0.497 e. The first-order chi connectivity index (χ1) is 9.43. The molecule has 0 bridgehead atoms. The molecule has 0 aromatic heterocycles. The molecule has 0 aliphatic rings. The van der Waals surface area contributed by atoms with Crippen molar-refractivity contribution in [2.75, 3.05) is 7.11 Å². The zero-order valence-corrected chi connectivity index (χ0v) is 11.1. The fourth-order valence-corrected chi connectivity index (χ4v) is 2.10. The van der Waals surface area contributed by atoms with Crippen molar-refractivity contribution in [2.24, 2.45) is 0 Å². The number of methoxy groups -OCH3 is 1. The molecule has 2 aromatic rings. The van der Waals surface area contributed by atoms with E-state index in [-0.39, 0.29) is 10.6 Å². The van der Waals surface area contributed by atoms with Gasteiger partial charge in [0.15, 0.2) is 0 Å². The molecule has 0 aliphatic carbocycles. The summed E-state index contributed by atoms with van der Waals surface area (Å²) in [6.07, 6.45) is -1.64. The molecule has 0 saturated carbocycles. The molecular formula is C14H10ClF3O2. The van der Waals surface area contributed by atoms with Crippen LogP contribution in [0, 0.1) is 17.5 Å². The lowest BCUT2D eigenvalue weighted by Crippen LogP contribution is -2.07. The maximum atomic E-state index is 13.6. The first-order valence-corrected chi connectivity index (χ1v) is 5.97. The summed E-state index contributed by atoms with van der Waals surface area (Å²) in [4.78, 5) is 0. The van der Waals surface area contributed by atoms with E-state index in [2.05, 4.69) is 0 Å². The lowest BCUT2D eigenvalue weighted by atomic mass is 10.00. The van der Waals surface area contributed by atoms with Crippen LogP contribution in [-0.2, 0) is 0 Å². The Balaban J connectivity index is 2.49. The maximum Gasteiger partial charge on any atom is 0.135 e. The van der Waals surface area contributed by atoms with E-state index in [0.29, 0.717) is 17.9 Å². The van der Waals surface area contributed by atoms with Gasteiger partial charge in [0, 0.05) is 17.7 Å². The highest BCUT2D eigenvalue weighted by molar-refractivity contribution is 6.31. The number of hydrogen-bond donors (Lipinski definition) is 1. The van der Waals surface area contributed by atoms with E-state index in [1.807, 2.05) is 0 Å². The van der Waals surface area contributed by atoms with Crippen LogP contribution in [0.2, 0.25) is 5.02 Å². The van der Waals surface area contributed by atoms with Crippen LogP contribution >= 0.6 is 11.6 Å². The van der Waals surface area contributed by atoms with E-state index < -0.39 is 29.1 Å². The predicted molar refractivity (Wildman–Crippen MR) is 68.4 cm³/mol. The lowest BCUT2D eigenvalue weighted by Gasteiger charge is -2.15. The number of rotatable bonds is 3. The Morgan fingerprint density at radius 1 is 1.10 bits per heavy atom. The summed E-state index contributed by atoms with van der Waals surface area (Å²) in [5.41, 5.74) is -0.560. The fourth-order valence-electron chi connectivity index (χ4n) is 1.83. The number of ether oxygens (including phenoxy) is 1. The van der Waals surface area contributed by atoms with E-state index in [4.69, 9.17) is 16.3 Å². The zero-order chi connectivity index (χ0) is 14.9. The van der Waals surface area contributed by atoms with E-state index >= 15 is 0 Å². The second kappa shape index (κ2) is 5.73. The number of benzene rings is 2. The Labute approximate surface area is 118 Å². The summed E-state index contributed by atoms with van der Waals surface area (Å²) in [7, 11) is 1.43. The Hall–Kier alpha value is -1.72. The van der Waals surface area contributed by atoms with Crippen molar-refractivity contribution >= 4 is 11.6 Å². The van der Waals surface area contributed by atoms with Crippen LogP contribution in [0.15, 0.2) is 30.3 Å². The van der Waals surface area contributed by atoms with Crippen molar-refractivity contribution in [1.82, 2.24) is 0 Å². The van der Waals surface area contributed by atoms with Crippen molar-refractivity contribution < 1.29 is 23.0 Å². The van der Waals surface area contributed by atoms with Gasteiger partial charge in [-0.2, -0.15) is 0 Å². The third-order valence-electron chi connectivity index (χ3n) is 2.82. The molecule has 1 N–H and O–H groups in total. The summed E-state index contributed by atoms with van der Waals surface area (Å²) >= 11 is 5.93. The summed E-state index contributed by atoms with van der Waals surface area (Å²) < 4.78 is 45.0. The minimum atomic E-state index is -1.64. The summed E-state index contributed by atoms with van der Waals surface area (Å²) in [5, 5.41) is 10.1. The highest BCUT2D eigenvalue weighted by Gasteiger charge is 2.23. The van der Waals surface area contributed by atoms with Crippen LogP contribution in [0.5, 0.6) is 5.75 Å². The van der Waals surface area contributed by atoms with Crippen LogP contribution in [0.4, 0.5) is 13.2 Å². The second-order valence-electron chi connectivity index (χ2n) is 4.07. The van der Waals surface area contributed by atoms with Gasteiger partial charge in [0.05, 0.1) is 17.7 Å². The molecule has 0 spiro atoms. The fraction of sp³-hybridized carbons (Fsp3) is 0.143. The van der Waals surface area contributed by atoms with Gasteiger partial charge in [0.2, 0.25) is 0 Å². The zero-order valence-electron chi connectivity index (χ0n) is 10.3. The van der Waals surface area contributed by atoms with Gasteiger partial charge < -0.3 is 9.84 Å². The van der Waals surface area contributed by atoms with Gasteiger partial charge in [-0.3, -0.25) is 0 Å². The Morgan fingerprint density at radius 2 is 1.70 bits per heavy atom. The van der Waals surface area contributed by atoms with Crippen molar-refractivity contribution in [2.45, 2.75) is 6.10 Å². The first-order valence-electron chi connectivity index (χ1n) is 5.60.